The average molecular weight is 668 g/mol. The molecule has 10 aromatic rings. The van der Waals surface area contributed by atoms with Gasteiger partial charge in [0.15, 0.2) is 0 Å². The van der Waals surface area contributed by atoms with Gasteiger partial charge in [-0.3, -0.25) is 0 Å². The molecule has 0 bridgehead atoms. The molecule has 0 amide bonds. The van der Waals surface area contributed by atoms with E-state index in [0.29, 0.717) is 16.9 Å². The monoisotopic (exact) mass is 667 g/mol. The Bertz CT molecular complexity index is 3100. The number of hydrogen-bond donors (Lipinski definition) is 0. The fraction of sp³-hybridized carbons (Fsp3) is 0. The SMILES string of the molecule is [2H]c1c([2H])c(N(c2ccc(-c3ccccc3)cc2)c2ccccc2-c2cc3ccccc3c3oc4ccccc4c23)c([2H])c([2H])c1-c1cccc2ccccc12. The largest absolute Gasteiger partial charge is 0.455 e. The fourth-order valence-electron chi connectivity index (χ4n) is 7.49. The summed E-state index contributed by atoms with van der Waals surface area (Å²) in [5.74, 6) is 0. The number of hydrogen-bond acceptors (Lipinski definition) is 2. The molecule has 0 saturated heterocycles. The summed E-state index contributed by atoms with van der Waals surface area (Å²) in [6.45, 7) is 0. The van der Waals surface area contributed by atoms with Gasteiger partial charge in [0.05, 0.1) is 11.2 Å². The number of benzene rings is 9. The Hall–Kier alpha value is -6.90. The molecule has 0 aliphatic heterocycles. The molecule has 2 nitrogen and oxygen atoms in total. The van der Waals surface area contributed by atoms with Crippen molar-refractivity contribution in [1.82, 2.24) is 0 Å². The highest BCUT2D eigenvalue weighted by atomic mass is 16.3. The minimum atomic E-state index is -0.131. The summed E-state index contributed by atoms with van der Waals surface area (Å²) < 4.78 is 45.0. The Morgan fingerprint density at radius 3 is 1.85 bits per heavy atom. The van der Waals surface area contributed by atoms with Crippen LogP contribution in [0.5, 0.6) is 0 Å². The average Bonchev–Trinajstić information content (AvgIpc) is 3.65. The van der Waals surface area contributed by atoms with E-state index in [4.69, 9.17) is 4.42 Å². The van der Waals surface area contributed by atoms with Gasteiger partial charge in [0.2, 0.25) is 0 Å². The Labute approximate surface area is 308 Å². The Kier molecular flexibility index (Phi) is 6.22. The molecule has 0 fully saturated rings. The number of nitrogens with zero attached hydrogens (tertiary/aromatic N) is 1. The van der Waals surface area contributed by atoms with E-state index in [1.165, 1.54) is 0 Å². The van der Waals surface area contributed by atoms with Gasteiger partial charge in [-0.05, 0) is 86.4 Å². The van der Waals surface area contributed by atoms with E-state index in [1.54, 1.807) is 0 Å². The molecule has 9 aromatic carbocycles. The first-order chi connectivity index (χ1) is 27.5. The van der Waals surface area contributed by atoms with Crippen molar-refractivity contribution >= 4 is 60.5 Å². The minimum Gasteiger partial charge on any atom is -0.455 e. The van der Waals surface area contributed by atoms with Crippen LogP contribution in [0.4, 0.5) is 17.1 Å². The van der Waals surface area contributed by atoms with Gasteiger partial charge in [0, 0.05) is 33.1 Å². The minimum absolute atomic E-state index is 0.102. The number of fused-ring (bicyclic) bond motifs is 6. The van der Waals surface area contributed by atoms with E-state index in [1.807, 2.05) is 138 Å². The number of para-hydroxylation sites is 2. The zero-order valence-corrected chi connectivity index (χ0v) is 28.1. The van der Waals surface area contributed by atoms with E-state index < -0.39 is 0 Å². The van der Waals surface area contributed by atoms with Crippen LogP contribution in [0.1, 0.15) is 5.48 Å². The van der Waals surface area contributed by atoms with Crippen molar-refractivity contribution in [3.8, 4) is 33.4 Å². The predicted octanol–water partition coefficient (Wildman–Crippen LogP) is 14.4. The van der Waals surface area contributed by atoms with Gasteiger partial charge in [-0.25, -0.2) is 0 Å². The maximum Gasteiger partial charge on any atom is 0.143 e. The summed E-state index contributed by atoms with van der Waals surface area (Å²) in [6.07, 6.45) is 0. The first kappa shape index (κ1) is 26.0. The lowest BCUT2D eigenvalue weighted by atomic mass is 9.93. The molecule has 0 N–H and O–H groups in total. The van der Waals surface area contributed by atoms with Crippen molar-refractivity contribution in [3.05, 3.63) is 200 Å². The van der Waals surface area contributed by atoms with Crippen LogP contribution in [-0.2, 0) is 0 Å². The highest BCUT2D eigenvalue weighted by Crippen LogP contribution is 2.47. The summed E-state index contributed by atoms with van der Waals surface area (Å²) in [5, 5.41) is 5.82. The topological polar surface area (TPSA) is 16.4 Å². The second-order valence-corrected chi connectivity index (χ2v) is 13.0. The van der Waals surface area contributed by atoms with Crippen molar-refractivity contribution in [2.45, 2.75) is 0 Å². The van der Waals surface area contributed by atoms with Crippen LogP contribution in [0.15, 0.2) is 205 Å². The second-order valence-electron chi connectivity index (χ2n) is 13.0. The van der Waals surface area contributed by atoms with Crippen LogP contribution in [-0.4, -0.2) is 0 Å². The Morgan fingerprint density at radius 1 is 0.404 bits per heavy atom. The maximum absolute atomic E-state index is 9.69. The fourth-order valence-corrected chi connectivity index (χ4v) is 7.49. The van der Waals surface area contributed by atoms with Crippen molar-refractivity contribution < 1.29 is 9.90 Å². The summed E-state index contributed by atoms with van der Waals surface area (Å²) in [5.41, 5.74) is 7.97. The van der Waals surface area contributed by atoms with Crippen molar-refractivity contribution in [2.24, 2.45) is 0 Å². The van der Waals surface area contributed by atoms with E-state index in [0.717, 1.165) is 65.7 Å². The van der Waals surface area contributed by atoms with E-state index >= 15 is 0 Å². The maximum atomic E-state index is 9.69. The number of furan rings is 1. The van der Waals surface area contributed by atoms with Crippen LogP contribution in [0.2, 0.25) is 0 Å². The van der Waals surface area contributed by atoms with Crippen LogP contribution >= 0.6 is 0 Å². The highest BCUT2D eigenvalue weighted by molar-refractivity contribution is 6.22. The third-order valence-corrected chi connectivity index (χ3v) is 9.93. The van der Waals surface area contributed by atoms with Crippen LogP contribution < -0.4 is 4.90 Å². The van der Waals surface area contributed by atoms with Gasteiger partial charge in [-0.1, -0.05) is 158 Å². The molecule has 0 aliphatic rings. The van der Waals surface area contributed by atoms with Gasteiger partial charge < -0.3 is 9.32 Å². The zero-order chi connectivity index (χ0) is 37.9. The molecule has 0 spiro atoms. The Morgan fingerprint density at radius 2 is 1.02 bits per heavy atom. The van der Waals surface area contributed by atoms with Crippen LogP contribution in [0.25, 0.3) is 76.9 Å². The lowest BCUT2D eigenvalue weighted by molar-refractivity contribution is 0.673. The molecule has 244 valence electrons. The molecule has 0 aliphatic carbocycles. The molecule has 10 rings (SSSR count). The van der Waals surface area contributed by atoms with Crippen molar-refractivity contribution in [3.63, 3.8) is 0 Å². The number of rotatable bonds is 6. The quantitative estimate of drug-likeness (QED) is 0.175. The molecule has 1 aromatic heterocycles. The number of anilines is 3. The van der Waals surface area contributed by atoms with E-state index in [9.17, 15) is 5.48 Å². The lowest BCUT2D eigenvalue weighted by Crippen LogP contribution is -2.11. The first-order valence-corrected chi connectivity index (χ1v) is 17.4. The van der Waals surface area contributed by atoms with Gasteiger partial charge in [0.25, 0.3) is 0 Å². The van der Waals surface area contributed by atoms with Gasteiger partial charge in [0.1, 0.15) is 11.2 Å². The molecular formula is C50H33NO. The van der Waals surface area contributed by atoms with Gasteiger partial charge in [-0.15, -0.1) is 0 Å². The van der Waals surface area contributed by atoms with Gasteiger partial charge >= 0.3 is 0 Å². The van der Waals surface area contributed by atoms with E-state index in [2.05, 4.69) is 42.5 Å². The summed E-state index contributed by atoms with van der Waals surface area (Å²) in [7, 11) is 0. The third-order valence-electron chi connectivity index (χ3n) is 9.93. The molecule has 0 radical (unpaired) electrons. The molecule has 2 heteroatoms. The first-order valence-electron chi connectivity index (χ1n) is 19.4. The summed E-state index contributed by atoms with van der Waals surface area (Å²) in [4.78, 5) is 1.89. The molecule has 1 heterocycles. The molecule has 0 unspecified atom stereocenters. The predicted molar refractivity (Wildman–Crippen MR) is 220 cm³/mol. The van der Waals surface area contributed by atoms with Crippen LogP contribution in [0.3, 0.4) is 0 Å². The molecular weight excluding hydrogens is 631 g/mol. The molecule has 0 saturated carbocycles. The standard InChI is InChI=1S/C50H33NO/c1-2-13-34(14-3-1)35-25-29-39(30-26-35)51(40-31-27-37(28-32-40)42-22-12-17-36-15-4-6-18-41(36)42)47-23-10-8-20-44(47)46-33-38-16-5-7-19-43(38)50-49(46)45-21-9-11-24-48(45)52-50/h1-33H/i27D,28D,31D,32D. The summed E-state index contributed by atoms with van der Waals surface area (Å²) >= 11 is 0. The second kappa shape index (κ2) is 12.5. The van der Waals surface area contributed by atoms with Gasteiger partial charge in [-0.2, -0.15) is 0 Å². The third kappa shape index (κ3) is 5.04. The lowest BCUT2D eigenvalue weighted by Gasteiger charge is -2.28. The highest BCUT2D eigenvalue weighted by Gasteiger charge is 2.22. The molecule has 0 atom stereocenters. The van der Waals surface area contributed by atoms with Crippen molar-refractivity contribution in [1.29, 1.82) is 0 Å². The van der Waals surface area contributed by atoms with Crippen molar-refractivity contribution in [2.75, 3.05) is 4.90 Å². The van der Waals surface area contributed by atoms with E-state index in [-0.39, 0.29) is 35.4 Å². The summed E-state index contributed by atoms with van der Waals surface area (Å²) in [6, 6.07) is 57.8. The normalized spacial score (nSPS) is 12.5. The molecule has 52 heavy (non-hydrogen) atoms. The van der Waals surface area contributed by atoms with Crippen LogP contribution in [0, 0.1) is 0 Å². The zero-order valence-electron chi connectivity index (χ0n) is 32.1. The smallest absolute Gasteiger partial charge is 0.143 e. The Balaban J connectivity index is 1.26.